The summed E-state index contributed by atoms with van der Waals surface area (Å²) in [5.41, 5.74) is 2.53. The zero-order chi connectivity index (χ0) is 18.6. The van der Waals surface area contributed by atoms with Gasteiger partial charge < -0.3 is 14.6 Å². The first-order valence-corrected chi connectivity index (χ1v) is 8.92. The number of rotatable bonds is 4. The van der Waals surface area contributed by atoms with Crippen molar-refractivity contribution in [2.75, 3.05) is 13.2 Å². The topological polar surface area (TPSA) is 63.4 Å². The predicted octanol–water partition coefficient (Wildman–Crippen LogP) is 5.61. The summed E-state index contributed by atoms with van der Waals surface area (Å²) in [7, 11) is 0. The maximum absolute atomic E-state index is 10.9. The first kappa shape index (κ1) is 17.5. The molecule has 4 rings (SSSR count). The van der Waals surface area contributed by atoms with Crippen molar-refractivity contribution in [3.8, 4) is 11.5 Å². The molecule has 0 bridgehead atoms. The summed E-state index contributed by atoms with van der Waals surface area (Å²) in [6, 6.07) is 20.0. The fourth-order valence-electron chi connectivity index (χ4n) is 2.83. The van der Waals surface area contributed by atoms with Gasteiger partial charge in [0.1, 0.15) is 19.3 Å². The van der Waals surface area contributed by atoms with E-state index in [1.165, 1.54) is 0 Å². The number of aliphatic hydroxyl groups is 1. The maximum Gasteiger partial charge on any atom is 0.163 e. The van der Waals surface area contributed by atoms with Crippen LogP contribution < -0.4 is 9.47 Å². The van der Waals surface area contributed by atoms with Crippen LogP contribution >= 0.6 is 11.6 Å². The Morgan fingerprint density at radius 3 is 2.22 bits per heavy atom. The number of aliphatic hydroxyl groups excluding tert-OH is 1. The molecule has 136 valence electrons. The third kappa shape index (κ3) is 3.94. The fourth-order valence-corrected chi connectivity index (χ4v) is 2.96. The Bertz CT molecular complexity index is 959. The molecule has 0 amide bonds. The van der Waals surface area contributed by atoms with Crippen molar-refractivity contribution < 1.29 is 14.6 Å². The molecule has 27 heavy (non-hydrogen) atoms. The highest BCUT2D eigenvalue weighted by Gasteiger charge is 2.21. The largest absolute Gasteiger partial charge is 0.486 e. The number of hydrogen-bond donors (Lipinski definition) is 1. The third-order valence-electron chi connectivity index (χ3n) is 4.20. The number of azo groups is 1. The number of hydrogen-bond acceptors (Lipinski definition) is 5. The number of fused-ring (bicyclic) bond motifs is 1. The number of halogens is 1. The molecule has 0 aromatic heterocycles. The van der Waals surface area contributed by atoms with E-state index in [0.29, 0.717) is 46.5 Å². The lowest BCUT2D eigenvalue weighted by molar-refractivity contribution is 0.170. The van der Waals surface area contributed by atoms with Crippen LogP contribution in [0.5, 0.6) is 11.5 Å². The Morgan fingerprint density at radius 2 is 1.52 bits per heavy atom. The van der Waals surface area contributed by atoms with Gasteiger partial charge in [0.25, 0.3) is 0 Å². The molecule has 1 aliphatic heterocycles. The van der Waals surface area contributed by atoms with Crippen molar-refractivity contribution in [2.45, 2.75) is 6.10 Å². The van der Waals surface area contributed by atoms with E-state index in [-0.39, 0.29) is 0 Å². The first-order chi connectivity index (χ1) is 13.2. The van der Waals surface area contributed by atoms with E-state index in [9.17, 15) is 5.11 Å². The molecule has 0 saturated carbocycles. The van der Waals surface area contributed by atoms with Gasteiger partial charge in [-0.1, -0.05) is 41.9 Å². The van der Waals surface area contributed by atoms with Crippen LogP contribution in [0.3, 0.4) is 0 Å². The van der Waals surface area contributed by atoms with Gasteiger partial charge in [0.05, 0.1) is 11.4 Å². The zero-order valence-corrected chi connectivity index (χ0v) is 15.1. The molecule has 0 radical (unpaired) electrons. The van der Waals surface area contributed by atoms with Gasteiger partial charge in [0.2, 0.25) is 0 Å². The molecule has 3 aromatic rings. The Balaban J connectivity index is 1.76. The van der Waals surface area contributed by atoms with Crippen molar-refractivity contribution in [3.63, 3.8) is 0 Å². The van der Waals surface area contributed by atoms with E-state index < -0.39 is 6.10 Å². The van der Waals surface area contributed by atoms with Crippen LogP contribution in [0.25, 0.3) is 0 Å². The van der Waals surface area contributed by atoms with Crippen LogP contribution in [0.1, 0.15) is 17.2 Å². The van der Waals surface area contributed by atoms with Crippen LogP contribution in [0, 0.1) is 0 Å². The summed E-state index contributed by atoms with van der Waals surface area (Å²) in [6.07, 6.45) is -0.900. The van der Waals surface area contributed by atoms with E-state index in [0.717, 1.165) is 5.69 Å². The van der Waals surface area contributed by atoms with Crippen molar-refractivity contribution in [3.05, 3.63) is 82.9 Å². The molecule has 0 aliphatic carbocycles. The summed E-state index contributed by atoms with van der Waals surface area (Å²) < 4.78 is 11.3. The minimum Gasteiger partial charge on any atom is -0.486 e. The smallest absolute Gasteiger partial charge is 0.163 e. The van der Waals surface area contributed by atoms with Crippen LogP contribution in [0.4, 0.5) is 11.4 Å². The molecule has 0 saturated heterocycles. The highest BCUT2D eigenvalue weighted by molar-refractivity contribution is 6.30. The second kappa shape index (κ2) is 7.78. The lowest BCUT2D eigenvalue weighted by Gasteiger charge is -2.21. The van der Waals surface area contributed by atoms with Gasteiger partial charge in [-0.2, -0.15) is 10.2 Å². The predicted molar refractivity (Wildman–Crippen MR) is 104 cm³/mol. The van der Waals surface area contributed by atoms with Gasteiger partial charge >= 0.3 is 0 Å². The lowest BCUT2D eigenvalue weighted by atomic mass is 9.99. The van der Waals surface area contributed by atoms with Crippen LogP contribution in [-0.2, 0) is 0 Å². The summed E-state index contributed by atoms with van der Waals surface area (Å²) in [5.74, 6) is 1.18. The fraction of sp³-hybridized carbons (Fsp3) is 0.143. The van der Waals surface area contributed by atoms with Gasteiger partial charge in [-0.25, -0.2) is 0 Å². The highest BCUT2D eigenvalue weighted by atomic mass is 35.5. The van der Waals surface area contributed by atoms with E-state index >= 15 is 0 Å². The monoisotopic (exact) mass is 380 g/mol. The van der Waals surface area contributed by atoms with E-state index in [4.69, 9.17) is 21.1 Å². The van der Waals surface area contributed by atoms with Crippen molar-refractivity contribution in [1.29, 1.82) is 0 Å². The molecular weight excluding hydrogens is 364 g/mol. The van der Waals surface area contributed by atoms with Gasteiger partial charge in [0, 0.05) is 16.7 Å². The molecule has 0 fully saturated rings. The van der Waals surface area contributed by atoms with Gasteiger partial charge in [-0.05, 0) is 35.9 Å². The van der Waals surface area contributed by atoms with Crippen LogP contribution in [-0.4, -0.2) is 18.3 Å². The Labute approximate surface area is 161 Å². The molecule has 1 N–H and O–H groups in total. The summed E-state index contributed by atoms with van der Waals surface area (Å²) in [4.78, 5) is 0. The SMILES string of the molecule is O[C@@H](c1ccc(Cl)cc1)c1cc2c(cc1N=Nc1ccccc1)OCCO2. The molecule has 0 unspecified atom stereocenters. The number of nitrogens with zero attached hydrogens (tertiary/aromatic N) is 2. The number of ether oxygens (including phenoxy) is 2. The minimum absolute atomic E-state index is 0.467. The highest BCUT2D eigenvalue weighted by Crippen LogP contribution is 2.41. The molecule has 1 atom stereocenters. The second-order valence-corrected chi connectivity index (χ2v) is 6.48. The average Bonchev–Trinajstić information content (AvgIpc) is 2.72. The van der Waals surface area contributed by atoms with Crippen molar-refractivity contribution >= 4 is 23.0 Å². The normalized spacial score (nSPS) is 14.3. The van der Waals surface area contributed by atoms with Gasteiger partial charge in [0.15, 0.2) is 11.5 Å². The second-order valence-electron chi connectivity index (χ2n) is 6.04. The van der Waals surface area contributed by atoms with Crippen molar-refractivity contribution in [2.24, 2.45) is 10.2 Å². The van der Waals surface area contributed by atoms with Crippen LogP contribution in [0.2, 0.25) is 5.02 Å². The maximum atomic E-state index is 10.9. The molecular formula is C21H17ClN2O3. The van der Waals surface area contributed by atoms with E-state index in [2.05, 4.69) is 10.2 Å². The van der Waals surface area contributed by atoms with Crippen molar-refractivity contribution in [1.82, 2.24) is 0 Å². The Kier molecular flexibility index (Phi) is 5.05. The number of benzene rings is 3. The molecule has 1 heterocycles. The van der Waals surface area contributed by atoms with Crippen LogP contribution in [0.15, 0.2) is 77.0 Å². The minimum atomic E-state index is -0.900. The average molecular weight is 381 g/mol. The first-order valence-electron chi connectivity index (χ1n) is 8.54. The molecule has 5 nitrogen and oxygen atoms in total. The van der Waals surface area contributed by atoms with Gasteiger partial charge in [-0.15, -0.1) is 0 Å². The molecule has 1 aliphatic rings. The Hall–Kier alpha value is -2.89. The standard InChI is InChI=1S/C21H17ClN2O3/c22-15-8-6-14(7-9-15)21(25)17-12-19-20(27-11-10-26-19)13-18(17)24-23-16-4-2-1-3-5-16/h1-9,12-13,21,25H,10-11H2/t21-/m0/s1. The summed E-state index contributed by atoms with van der Waals surface area (Å²) in [5, 5.41) is 20.2. The van der Waals surface area contributed by atoms with E-state index in [1.807, 2.05) is 30.3 Å². The molecule has 3 aromatic carbocycles. The van der Waals surface area contributed by atoms with Gasteiger partial charge in [-0.3, -0.25) is 0 Å². The zero-order valence-electron chi connectivity index (χ0n) is 14.4. The lowest BCUT2D eigenvalue weighted by Crippen LogP contribution is -2.15. The molecule has 6 heteroatoms. The third-order valence-corrected chi connectivity index (χ3v) is 4.45. The quantitative estimate of drug-likeness (QED) is 0.598. The summed E-state index contributed by atoms with van der Waals surface area (Å²) >= 11 is 5.95. The molecule has 0 spiro atoms. The summed E-state index contributed by atoms with van der Waals surface area (Å²) in [6.45, 7) is 0.940. The van der Waals surface area contributed by atoms with E-state index in [1.54, 1.807) is 36.4 Å². The Morgan fingerprint density at radius 1 is 0.852 bits per heavy atom.